The van der Waals surface area contributed by atoms with E-state index in [9.17, 15) is 9.30 Å². The summed E-state index contributed by atoms with van der Waals surface area (Å²) in [5.74, 6) is 0.137. The fourth-order valence-electron chi connectivity index (χ4n) is 3.81. The first-order valence-corrected chi connectivity index (χ1v) is 8.09. The maximum atomic E-state index is 13.4. The maximum absolute atomic E-state index is 13.4. The van der Waals surface area contributed by atoms with Crippen molar-refractivity contribution in [1.29, 1.82) is 0 Å². The molecule has 1 atom stereocenters. The number of hydrogen-bond donors (Lipinski definition) is 0. The van der Waals surface area contributed by atoms with E-state index in [1.807, 2.05) is 0 Å². The molecule has 3 rings (SSSR count). The molecule has 1 fully saturated rings. The van der Waals surface area contributed by atoms with E-state index < -0.39 is 5.82 Å². The number of nitrogens with zero attached hydrogens (tertiary/aromatic N) is 1. The molecule has 21 heavy (non-hydrogen) atoms. The predicted molar refractivity (Wildman–Crippen MR) is 83.7 cm³/mol. The summed E-state index contributed by atoms with van der Waals surface area (Å²) in [7, 11) is 0. The molecule has 1 unspecified atom stereocenters. The molecule has 0 heterocycles. The molecule has 0 saturated heterocycles. The Morgan fingerprint density at radius 3 is 2.57 bits per heavy atom. The number of benzene rings is 1. The van der Waals surface area contributed by atoms with Crippen LogP contribution in [0.25, 0.3) is 5.57 Å². The third-order valence-corrected chi connectivity index (χ3v) is 5.11. The number of nitroso groups, excluding NO2 is 1. The molecule has 0 aliphatic heterocycles. The third-order valence-electron chi connectivity index (χ3n) is 4.82. The van der Waals surface area contributed by atoms with Crippen molar-refractivity contribution in [1.82, 2.24) is 0 Å². The fraction of sp³-hybridized carbons (Fsp3) is 0.529. The highest BCUT2D eigenvalue weighted by molar-refractivity contribution is 6.30. The highest BCUT2D eigenvalue weighted by atomic mass is 35.5. The summed E-state index contributed by atoms with van der Waals surface area (Å²) in [6.07, 6.45) is 7.91. The summed E-state index contributed by atoms with van der Waals surface area (Å²) in [5, 5.41) is 3.41. The lowest BCUT2D eigenvalue weighted by Gasteiger charge is -2.24. The van der Waals surface area contributed by atoms with Crippen molar-refractivity contribution in [3.8, 4) is 0 Å². The van der Waals surface area contributed by atoms with Gasteiger partial charge in [0, 0.05) is 0 Å². The van der Waals surface area contributed by atoms with Gasteiger partial charge in [-0.25, -0.2) is 4.39 Å². The van der Waals surface area contributed by atoms with Crippen LogP contribution >= 0.6 is 11.6 Å². The quantitative estimate of drug-likeness (QED) is 0.654. The van der Waals surface area contributed by atoms with E-state index >= 15 is 0 Å². The van der Waals surface area contributed by atoms with E-state index in [2.05, 4.69) is 5.18 Å². The second kappa shape index (κ2) is 6.27. The van der Waals surface area contributed by atoms with E-state index in [0.29, 0.717) is 5.92 Å². The van der Waals surface area contributed by atoms with Gasteiger partial charge in [0.1, 0.15) is 11.9 Å². The van der Waals surface area contributed by atoms with Gasteiger partial charge in [0.25, 0.3) is 0 Å². The van der Waals surface area contributed by atoms with Crippen LogP contribution < -0.4 is 0 Å². The highest BCUT2D eigenvalue weighted by Gasteiger charge is 2.32. The first kappa shape index (κ1) is 14.7. The molecule has 0 N–H and O–H groups in total. The molecule has 0 spiro atoms. The van der Waals surface area contributed by atoms with Crippen molar-refractivity contribution in [2.24, 2.45) is 11.1 Å². The Balaban J connectivity index is 2.02. The molecule has 1 saturated carbocycles. The predicted octanol–water partition coefficient (Wildman–Crippen LogP) is 5.74. The largest absolute Gasteiger partial charge is 0.205 e. The molecule has 0 amide bonds. The number of rotatable bonds is 3. The van der Waals surface area contributed by atoms with Gasteiger partial charge in [0.05, 0.1) is 5.02 Å². The zero-order valence-corrected chi connectivity index (χ0v) is 12.7. The Labute approximate surface area is 129 Å². The molecule has 0 bridgehead atoms. The first-order chi connectivity index (χ1) is 10.2. The minimum atomic E-state index is -0.422. The third kappa shape index (κ3) is 2.89. The molecule has 2 nitrogen and oxygen atoms in total. The lowest BCUT2D eigenvalue weighted by molar-refractivity contribution is 0.398. The Morgan fingerprint density at radius 1 is 1.14 bits per heavy atom. The zero-order chi connectivity index (χ0) is 14.8. The van der Waals surface area contributed by atoms with Gasteiger partial charge in [0.15, 0.2) is 0 Å². The fourth-order valence-corrected chi connectivity index (χ4v) is 3.99. The number of hydrogen-bond acceptors (Lipinski definition) is 2. The molecule has 2 aliphatic rings. The number of halogens is 2. The molecule has 1 aromatic rings. The maximum Gasteiger partial charge on any atom is 0.141 e. The standard InChI is InChI=1S/C17H19ClFNO/c18-14-10-12(6-8-15(14)19)17-13(7-9-16(17)20-21)11-4-2-1-3-5-11/h6,8,10-11,16H,1-5,7,9H2. The summed E-state index contributed by atoms with van der Waals surface area (Å²) in [6.45, 7) is 0. The van der Waals surface area contributed by atoms with E-state index in [0.717, 1.165) is 24.0 Å². The van der Waals surface area contributed by atoms with Crippen LogP contribution in [0.3, 0.4) is 0 Å². The van der Waals surface area contributed by atoms with Crippen LogP contribution in [0.5, 0.6) is 0 Å². The minimum absolute atomic E-state index is 0.111. The number of allylic oxidation sites excluding steroid dienone is 1. The average Bonchev–Trinajstić information content (AvgIpc) is 2.95. The van der Waals surface area contributed by atoms with Gasteiger partial charge in [-0.3, -0.25) is 0 Å². The Bertz CT molecular complexity index is 578. The van der Waals surface area contributed by atoms with Crippen LogP contribution in [0.2, 0.25) is 5.02 Å². The van der Waals surface area contributed by atoms with Gasteiger partial charge in [-0.05, 0) is 54.9 Å². The Morgan fingerprint density at radius 2 is 1.90 bits per heavy atom. The van der Waals surface area contributed by atoms with Gasteiger partial charge in [0.2, 0.25) is 0 Å². The molecule has 4 heteroatoms. The molecular formula is C17H19ClFNO. The zero-order valence-electron chi connectivity index (χ0n) is 11.9. The van der Waals surface area contributed by atoms with E-state index in [4.69, 9.17) is 11.6 Å². The van der Waals surface area contributed by atoms with Crippen LogP contribution in [0.15, 0.2) is 28.9 Å². The SMILES string of the molecule is O=NC1CCC(C2CCCCC2)=C1c1ccc(F)c(Cl)c1. The Kier molecular flexibility index (Phi) is 4.39. The van der Waals surface area contributed by atoms with Gasteiger partial charge < -0.3 is 0 Å². The summed E-state index contributed by atoms with van der Waals surface area (Å²) in [5.41, 5.74) is 3.24. The van der Waals surface area contributed by atoms with Crippen molar-refractivity contribution < 1.29 is 4.39 Å². The second-order valence-electron chi connectivity index (χ2n) is 6.06. The summed E-state index contributed by atoms with van der Waals surface area (Å²) >= 11 is 5.91. The second-order valence-corrected chi connectivity index (χ2v) is 6.47. The van der Waals surface area contributed by atoms with E-state index in [-0.39, 0.29) is 11.1 Å². The van der Waals surface area contributed by atoms with E-state index in [1.165, 1.54) is 43.7 Å². The van der Waals surface area contributed by atoms with Crippen LogP contribution in [0, 0.1) is 16.6 Å². The molecule has 0 radical (unpaired) electrons. The van der Waals surface area contributed by atoms with Gasteiger partial charge >= 0.3 is 0 Å². The molecular weight excluding hydrogens is 289 g/mol. The average molecular weight is 308 g/mol. The highest BCUT2D eigenvalue weighted by Crippen LogP contribution is 2.44. The lowest BCUT2D eigenvalue weighted by Crippen LogP contribution is -2.10. The van der Waals surface area contributed by atoms with Crippen LogP contribution in [0.1, 0.15) is 50.5 Å². The summed E-state index contributed by atoms with van der Waals surface area (Å²) in [4.78, 5) is 11.2. The van der Waals surface area contributed by atoms with Crippen molar-refractivity contribution in [2.75, 3.05) is 0 Å². The molecule has 1 aromatic carbocycles. The van der Waals surface area contributed by atoms with E-state index in [1.54, 1.807) is 12.1 Å². The van der Waals surface area contributed by atoms with Crippen molar-refractivity contribution in [3.05, 3.63) is 45.1 Å². The van der Waals surface area contributed by atoms with Crippen molar-refractivity contribution in [2.45, 2.75) is 51.0 Å². The Hall–Kier alpha value is -1.22. The first-order valence-electron chi connectivity index (χ1n) is 7.71. The van der Waals surface area contributed by atoms with Gasteiger partial charge in [-0.15, -0.1) is 0 Å². The lowest BCUT2D eigenvalue weighted by atomic mass is 9.81. The summed E-state index contributed by atoms with van der Waals surface area (Å²) in [6, 6.07) is 4.44. The topological polar surface area (TPSA) is 29.4 Å². The van der Waals surface area contributed by atoms with Crippen molar-refractivity contribution in [3.63, 3.8) is 0 Å². The van der Waals surface area contributed by atoms with Crippen LogP contribution in [-0.4, -0.2) is 6.04 Å². The monoisotopic (exact) mass is 307 g/mol. The smallest absolute Gasteiger partial charge is 0.141 e. The molecule has 2 aliphatic carbocycles. The normalized spacial score (nSPS) is 23.6. The summed E-state index contributed by atoms with van der Waals surface area (Å²) < 4.78 is 13.4. The van der Waals surface area contributed by atoms with Crippen LogP contribution in [0.4, 0.5) is 4.39 Å². The van der Waals surface area contributed by atoms with Crippen molar-refractivity contribution >= 4 is 17.2 Å². The molecule has 112 valence electrons. The minimum Gasteiger partial charge on any atom is -0.205 e. The molecule has 0 aromatic heterocycles. The van der Waals surface area contributed by atoms with Gasteiger partial charge in [-0.1, -0.05) is 47.7 Å². The van der Waals surface area contributed by atoms with Gasteiger partial charge in [-0.2, -0.15) is 4.91 Å². The van der Waals surface area contributed by atoms with Crippen LogP contribution in [-0.2, 0) is 0 Å².